The second-order valence-electron chi connectivity index (χ2n) is 5.08. The number of hydrogen-bond donors (Lipinski definition) is 2. The summed E-state index contributed by atoms with van der Waals surface area (Å²) in [5, 5.41) is 5.27. The highest BCUT2D eigenvalue weighted by Crippen LogP contribution is 2.11. The molecule has 0 fully saturated rings. The minimum Gasteiger partial charge on any atom is -0.337 e. The molecule has 6 nitrogen and oxygen atoms in total. The van der Waals surface area contributed by atoms with Crippen molar-refractivity contribution >= 4 is 17.5 Å². The number of allylic oxidation sites excluding steroid dienone is 1. The molecule has 0 aliphatic rings. The van der Waals surface area contributed by atoms with E-state index < -0.39 is 11.8 Å². The smallest absolute Gasteiger partial charge is 0.319 e. The Hall–Kier alpha value is -3.22. The van der Waals surface area contributed by atoms with Crippen LogP contribution in [-0.4, -0.2) is 22.5 Å². The van der Waals surface area contributed by atoms with Crippen molar-refractivity contribution in [3.05, 3.63) is 73.2 Å². The first-order valence-corrected chi connectivity index (χ1v) is 7.77. The van der Waals surface area contributed by atoms with Crippen molar-refractivity contribution in [3.8, 4) is 0 Å². The van der Waals surface area contributed by atoms with E-state index in [1.54, 1.807) is 29.6 Å². The fraction of sp³-hybridized carbons (Fsp3) is 0.167. The maximum Gasteiger partial charge on any atom is 0.319 e. The molecule has 1 heterocycles. The second kappa shape index (κ2) is 9.17. The number of hydrogen-bond acceptors (Lipinski definition) is 4. The van der Waals surface area contributed by atoms with Crippen molar-refractivity contribution in [2.45, 2.75) is 13.3 Å². The molecular formula is C18H20FN5O. The molecule has 2 amide bonds. The van der Waals surface area contributed by atoms with Gasteiger partial charge in [0.1, 0.15) is 5.82 Å². The Kier molecular flexibility index (Phi) is 6.65. The molecule has 0 saturated heterocycles. The van der Waals surface area contributed by atoms with Crippen LogP contribution in [0.5, 0.6) is 0 Å². The van der Waals surface area contributed by atoms with Crippen LogP contribution in [0.2, 0.25) is 0 Å². The number of rotatable bonds is 7. The van der Waals surface area contributed by atoms with Gasteiger partial charge in [-0.25, -0.2) is 14.2 Å². The zero-order chi connectivity index (χ0) is 18.1. The third kappa shape index (κ3) is 5.72. The molecule has 0 bridgehead atoms. The standard InChI is InChI=1S/C18H20FN5O/c1-3-10-24(4-2)17-13-20-12-16(22-17)8-9-21-18(25)23-15-7-5-6-14(19)11-15/h3-7,10-13H,2,8-9H2,1H3,(H2,21,23,25). The largest absolute Gasteiger partial charge is 0.337 e. The molecular weight excluding hydrogens is 321 g/mol. The maximum absolute atomic E-state index is 13.1. The van der Waals surface area contributed by atoms with E-state index in [9.17, 15) is 9.18 Å². The molecule has 2 N–H and O–H groups in total. The summed E-state index contributed by atoms with van der Waals surface area (Å²) in [5.41, 5.74) is 1.13. The Labute approximate surface area is 146 Å². The molecule has 0 radical (unpaired) electrons. The lowest BCUT2D eigenvalue weighted by Gasteiger charge is -2.14. The zero-order valence-corrected chi connectivity index (χ0v) is 13.9. The molecule has 7 heteroatoms. The molecule has 0 saturated carbocycles. The lowest BCUT2D eigenvalue weighted by atomic mass is 10.3. The predicted molar refractivity (Wildman–Crippen MR) is 96.6 cm³/mol. The highest BCUT2D eigenvalue weighted by atomic mass is 19.1. The first-order chi connectivity index (χ1) is 12.1. The van der Waals surface area contributed by atoms with Crippen LogP contribution in [-0.2, 0) is 6.42 Å². The fourth-order valence-corrected chi connectivity index (χ4v) is 2.08. The van der Waals surface area contributed by atoms with Gasteiger partial charge in [0.2, 0.25) is 0 Å². The topological polar surface area (TPSA) is 70.2 Å². The van der Waals surface area contributed by atoms with Gasteiger partial charge in [0.25, 0.3) is 0 Å². The molecule has 0 spiro atoms. The van der Waals surface area contributed by atoms with Gasteiger partial charge in [-0.1, -0.05) is 18.7 Å². The van der Waals surface area contributed by atoms with E-state index in [0.29, 0.717) is 24.5 Å². The number of carbonyl (C=O) groups excluding carboxylic acids is 1. The molecule has 2 aromatic rings. The van der Waals surface area contributed by atoms with Gasteiger partial charge in [-0.05, 0) is 25.1 Å². The quantitative estimate of drug-likeness (QED) is 0.809. The Morgan fingerprint density at radius 2 is 2.24 bits per heavy atom. The van der Waals surface area contributed by atoms with Crippen LogP contribution in [0, 0.1) is 5.82 Å². The summed E-state index contributed by atoms with van der Waals surface area (Å²) in [6, 6.07) is 5.30. The van der Waals surface area contributed by atoms with Crippen LogP contribution in [0.1, 0.15) is 12.6 Å². The number of aromatic nitrogens is 2. The summed E-state index contributed by atoms with van der Waals surface area (Å²) in [5.74, 6) is 0.243. The summed E-state index contributed by atoms with van der Waals surface area (Å²) >= 11 is 0. The number of carbonyl (C=O) groups is 1. The number of nitrogens with zero attached hydrogens (tertiary/aromatic N) is 3. The molecule has 130 valence electrons. The molecule has 0 aliphatic carbocycles. The van der Waals surface area contributed by atoms with Gasteiger partial charge in [0.15, 0.2) is 5.82 Å². The van der Waals surface area contributed by atoms with Crippen molar-refractivity contribution in [1.82, 2.24) is 15.3 Å². The highest BCUT2D eigenvalue weighted by Gasteiger charge is 2.05. The van der Waals surface area contributed by atoms with E-state index in [0.717, 1.165) is 5.69 Å². The number of benzene rings is 1. The number of anilines is 2. The molecule has 2 rings (SSSR count). The third-order valence-corrected chi connectivity index (χ3v) is 3.19. The van der Waals surface area contributed by atoms with Gasteiger partial charge in [-0.2, -0.15) is 0 Å². The average Bonchev–Trinajstić information content (AvgIpc) is 2.60. The minimum absolute atomic E-state index is 0.372. The van der Waals surface area contributed by atoms with Crippen molar-refractivity contribution in [2.24, 2.45) is 0 Å². The lowest BCUT2D eigenvalue weighted by Crippen LogP contribution is -2.30. The normalized spacial score (nSPS) is 10.5. The van der Waals surface area contributed by atoms with E-state index in [2.05, 4.69) is 27.2 Å². The summed E-state index contributed by atoms with van der Waals surface area (Å²) in [6.45, 7) is 6.00. The molecule has 0 aliphatic heterocycles. The summed E-state index contributed by atoms with van der Waals surface area (Å²) in [7, 11) is 0. The van der Waals surface area contributed by atoms with Crippen molar-refractivity contribution in [3.63, 3.8) is 0 Å². The van der Waals surface area contributed by atoms with Gasteiger partial charge in [-0.15, -0.1) is 0 Å². The molecule has 0 unspecified atom stereocenters. The zero-order valence-electron chi connectivity index (χ0n) is 13.9. The van der Waals surface area contributed by atoms with Crippen LogP contribution in [0.15, 0.2) is 61.7 Å². The minimum atomic E-state index is -0.406. The lowest BCUT2D eigenvalue weighted by molar-refractivity contribution is 0.252. The second-order valence-corrected chi connectivity index (χ2v) is 5.08. The van der Waals surface area contributed by atoms with Gasteiger partial charge in [0.05, 0.1) is 11.9 Å². The van der Waals surface area contributed by atoms with E-state index in [-0.39, 0.29) is 0 Å². The monoisotopic (exact) mass is 341 g/mol. The Bertz CT molecular complexity index is 763. The van der Waals surface area contributed by atoms with Crippen LogP contribution >= 0.6 is 0 Å². The molecule has 1 aromatic heterocycles. The van der Waals surface area contributed by atoms with Crippen LogP contribution in [0.25, 0.3) is 0 Å². The van der Waals surface area contributed by atoms with E-state index in [4.69, 9.17) is 0 Å². The molecule has 0 atom stereocenters. The van der Waals surface area contributed by atoms with E-state index >= 15 is 0 Å². The van der Waals surface area contributed by atoms with Crippen LogP contribution in [0.3, 0.4) is 0 Å². The summed E-state index contributed by atoms with van der Waals surface area (Å²) in [6.07, 6.45) is 9.12. The Morgan fingerprint density at radius 1 is 1.40 bits per heavy atom. The first-order valence-electron chi connectivity index (χ1n) is 7.77. The SMILES string of the molecule is C=CN(C=CC)c1cncc(CCNC(=O)Nc2cccc(F)c2)n1. The van der Waals surface area contributed by atoms with Crippen molar-refractivity contribution in [2.75, 3.05) is 16.8 Å². The van der Waals surface area contributed by atoms with Crippen molar-refractivity contribution < 1.29 is 9.18 Å². The van der Waals surface area contributed by atoms with Crippen LogP contribution in [0.4, 0.5) is 20.7 Å². The van der Waals surface area contributed by atoms with Gasteiger partial charge in [-0.3, -0.25) is 4.98 Å². The predicted octanol–water partition coefficient (Wildman–Crippen LogP) is 3.46. The van der Waals surface area contributed by atoms with Gasteiger partial charge < -0.3 is 15.5 Å². The van der Waals surface area contributed by atoms with E-state index in [1.165, 1.54) is 18.2 Å². The van der Waals surface area contributed by atoms with Gasteiger partial charge in [0, 0.05) is 37.2 Å². The fourth-order valence-electron chi connectivity index (χ4n) is 2.08. The van der Waals surface area contributed by atoms with E-state index in [1.807, 2.05) is 19.2 Å². The Balaban J connectivity index is 1.87. The first kappa shape index (κ1) is 18.1. The number of urea groups is 1. The number of nitrogens with one attached hydrogen (secondary N) is 2. The molecule has 1 aromatic carbocycles. The third-order valence-electron chi connectivity index (χ3n) is 3.19. The van der Waals surface area contributed by atoms with Gasteiger partial charge >= 0.3 is 6.03 Å². The maximum atomic E-state index is 13.1. The molecule has 25 heavy (non-hydrogen) atoms. The highest BCUT2D eigenvalue weighted by molar-refractivity contribution is 5.89. The number of halogens is 1. The Morgan fingerprint density at radius 3 is 2.96 bits per heavy atom. The van der Waals surface area contributed by atoms with Crippen molar-refractivity contribution in [1.29, 1.82) is 0 Å². The summed E-state index contributed by atoms with van der Waals surface area (Å²) in [4.78, 5) is 22.2. The average molecular weight is 341 g/mol. The van der Waals surface area contributed by atoms with Crippen LogP contribution < -0.4 is 15.5 Å². The number of amides is 2. The summed E-state index contributed by atoms with van der Waals surface area (Å²) < 4.78 is 13.1.